The number of carbonyl (C=O) groups is 1. The maximum absolute atomic E-state index is 12.5. The van der Waals surface area contributed by atoms with Crippen LogP contribution < -0.4 is 15.5 Å². The van der Waals surface area contributed by atoms with Gasteiger partial charge >= 0.3 is 0 Å². The monoisotopic (exact) mass is 363 g/mol. The number of carbonyl (C=O) groups excluding carboxylic acids is 1. The molecule has 5 rings (SSSR count). The summed E-state index contributed by atoms with van der Waals surface area (Å²) in [7, 11) is 0. The van der Waals surface area contributed by atoms with Gasteiger partial charge in [-0.25, -0.2) is 9.97 Å². The Hall–Kier alpha value is -2.63. The molecule has 2 N–H and O–H groups in total. The van der Waals surface area contributed by atoms with Crippen LogP contribution in [0.5, 0.6) is 0 Å². The molecule has 1 amide bonds. The van der Waals surface area contributed by atoms with Crippen LogP contribution in [0.25, 0.3) is 0 Å². The molecule has 6 heteroatoms. The molecule has 2 heterocycles. The van der Waals surface area contributed by atoms with Gasteiger partial charge in [0.15, 0.2) is 5.82 Å². The van der Waals surface area contributed by atoms with E-state index < -0.39 is 0 Å². The fourth-order valence-corrected chi connectivity index (χ4v) is 4.24. The van der Waals surface area contributed by atoms with E-state index in [9.17, 15) is 4.79 Å². The van der Waals surface area contributed by atoms with E-state index in [2.05, 4.69) is 32.4 Å². The molecule has 27 heavy (non-hydrogen) atoms. The number of aryl methyl sites for hydroxylation is 1. The molecule has 2 aliphatic carbocycles. The smallest absolute Gasteiger partial charge is 0.251 e. The summed E-state index contributed by atoms with van der Waals surface area (Å²) >= 11 is 0. The van der Waals surface area contributed by atoms with Crippen molar-refractivity contribution in [3.05, 3.63) is 41.3 Å². The molecule has 3 aliphatic rings. The van der Waals surface area contributed by atoms with E-state index in [-0.39, 0.29) is 5.91 Å². The number of nitrogens with one attached hydrogen (secondary N) is 2. The summed E-state index contributed by atoms with van der Waals surface area (Å²) in [6.45, 7) is 2.73. The van der Waals surface area contributed by atoms with Crippen molar-refractivity contribution in [2.75, 3.05) is 16.9 Å². The summed E-state index contributed by atoms with van der Waals surface area (Å²) in [6.07, 6.45) is 8.85. The van der Waals surface area contributed by atoms with Gasteiger partial charge in [-0.15, -0.1) is 0 Å². The summed E-state index contributed by atoms with van der Waals surface area (Å²) in [5.41, 5.74) is 5.09. The Morgan fingerprint density at radius 3 is 2.78 bits per heavy atom. The first-order valence-electron chi connectivity index (χ1n) is 9.98. The fourth-order valence-electron chi connectivity index (χ4n) is 4.24. The van der Waals surface area contributed by atoms with Crippen LogP contribution in [0.15, 0.2) is 24.5 Å². The highest BCUT2D eigenvalue weighted by molar-refractivity contribution is 5.96. The number of benzene rings is 1. The Bertz CT molecular complexity index is 886. The van der Waals surface area contributed by atoms with E-state index in [1.54, 1.807) is 6.33 Å². The first-order chi connectivity index (χ1) is 13.2. The van der Waals surface area contributed by atoms with Crippen LogP contribution in [-0.4, -0.2) is 28.6 Å². The maximum atomic E-state index is 12.5. The molecule has 2 saturated carbocycles. The summed E-state index contributed by atoms with van der Waals surface area (Å²) < 4.78 is 0. The lowest BCUT2D eigenvalue weighted by Gasteiger charge is -2.20. The number of amides is 1. The maximum Gasteiger partial charge on any atom is 0.251 e. The molecule has 140 valence electrons. The lowest BCUT2D eigenvalue weighted by Crippen LogP contribution is -2.26. The summed E-state index contributed by atoms with van der Waals surface area (Å²) in [5, 5.41) is 6.59. The van der Waals surface area contributed by atoms with Crippen molar-refractivity contribution in [2.45, 2.75) is 57.4 Å². The average Bonchev–Trinajstić information content (AvgIpc) is 3.17. The van der Waals surface area contributed by atoms with Crippen LogP contribution in [0.1, 0.15) is 66.1 Å². The van der Waals surface area contributed by atoms with Crippen LogP contribution in [0, 0.1) is 6.92 Å². The number of anilines is 3. The van der Waals surface area contributed by atoms with Gasteiger partial charge in [0.25, 0.3) is 5.91 Å². The van der Waals surface area contributed by atoms with Gasteiger partial charge in [-0.3, -0.25) is 4.79 Å². The summed E-state index contributed by atoms with van der Waals surface area (Å²) in [5.74, 6) is 1.47. The van der Waals surface area contributed by atoms with Gasteiger partial charge < -0.3 is 15.5 Å². The van der Waals surface area contributed by atoms with Crippen molar-refractivity contribution in [1.29, 1.82) is 0 Å². The van der Waals surface area contributed by atoms with E-state index >= 15 is 0 Å². The third-order valence-corrected chi connectivity index (χ3v) is 5.94. The molecule has 2 fully saturated rings. The van der Waals surface area contributed by atoms with Crippen LogP contribution in [0.2, 0.25) is 0 Å². The van der Waals surface area contributed by atoms with Gasteiger partial charge in [0.2, 0.25) is 0 Å². The highest BCUT2D eigenvalue weighted by Gasteiger charge is 2.31. The van der Waals surface area contributed by atoms with Crippen molar-refractivity contribution in [3.8, 4) is 0 Å². The number of nitrogens with zero attached hydrogens (tertiary/aromatic N) is 3. The Morgan fingerprint density at radius 1 is 1.19 bits per heavy atom. The second-order valence-corrected chi connectivity index (χ2v) is 7.95. The van der Waals surface area contributed by atoms with Crippen molar-refractivity contribution in [1.82, 2.24) is 15.3 Å². The summed E-state index contributed by atoms with van der Waals surface area (Å²) in [4.78, 5) is 23.8. The van der Waals surface area contributed by atoms with Crippen molar-refractivity contribution in [2.24, 2.45) is 0 Å². The third kappa shape index (κ3) is 3.03. The number of hydrogen-bond acceptors (Lipinski definition) is 5. The van der Waals surface area contributed by atoms with Crippen molar-refractivity contribution >= 4 is 23.1 Å². The lowest BCUT2D eigenvalue weighted by molar-refractivity contribution is 0.0951. The molecule has 0 bridgehead atoms. The van der Waals surface area contributed by atoms with E-state index in [1.165, 1.54) is 25.7 Å². The molecule has 0 saturated heterocycles. The number of rotatable bonds is 4. The molecule has 0 radical (unpaired) electrons. The zero-order valence-corrected chi connectivity index (χ0v) is 15.7. The second-order valence-electron chi connectivity index (χ2n) is 7.95. The van der Waals surface area contributed by atoms with Crippen LogP contribution in [0.3, 0.4) is 0 Å². The molecule has 2 aromatic rings. The number of fused-ring (bicyclic) bond motifs is 1. The predicted octanol–water partition coefficient (Wildman–Crippen LogP) is 3.86. The van der Waals surface area contributed by atoms with Gasteiger partial charge in [-0.05, 0) is 50.3 Å². The SMILES string of the molecule is Cc1ccc(C(=O)NC2CC2)cc1N1CNc2c(C3CCCC3)ncnc21. The Balaban J connectivity index is 1.48. The molecule has 0 unspecified atom stereocenters. The molecule has 6 nitrogen and oxygen atoms in total. The third-order valence-electron chi connectivity index (χ3n) is 5.94. The Morgan fingerprint density at radius 2 is 2.00 bits per heavy atom. The van der Waals surface area contributed by atoms with Crippen molar-refractivity contribution in [3.63, 3.8) is 0 Å². The average molecular weight is 363 g/mol. The first kappa shape index (κ1) is 16.5. The Kier molecular flexibility index (Phi) is 3.99. The van der Waals surface area contributed by atoms with E-state index in [0.29, 0.717) is 24.2 Å². The van der Waals surface area contributed by atoms with Crippen LogP contribution in [-0.2, 0) is 0 Å². The normalized spacial score (nSPS) is 19.1. The van der Waals surface area contributed by atoms with Gasteiger partial charge in [0.05, 0.1) is 12.4 Å². The largest absolute Gasteiger partial charge is 0.363 e. The predicted molar refractivity (Wildman–Crippen MR) is 106 cm³/mol. The second kappa shape index (κ2) is 6.51. The molecule has 0 atom stereocenters. The van der Waals surface area contributed by atoms with E-state index in [1.807, 2.05) is 18.2 Å². The van der Waals surface area contributed by atoms with Crippen molar-refractivity contribution < 1.29 is 4.79 Å². The number of aromatic nitrogens is 2. The molecule has 1 aliphatic heterocycles. The highest BCUT2D eigenvalue weighted by atomic mass is 16.1. The molecular weight excluding hydrogens is 338 g/mol. The molecular formula is C21H25N5O. The minimum Gasteiger partial charge on any atom is -0.363 e. The zero-order chi connectivity index (χ0) is 18.4. The van der Waals surface area contributed by atoms with Crippen LogP contribution in [0.4, 0.5) is 17.2 Å². The summed E-state index contributed by atoms with van der Waals surface area (Å²) in [6, 6.07) is 6.28. The zero-order valence-electron chi connectivity index (χ0n) is 15.7. The number of hydrogen-bond donors (Lipinski definition) is 2. The quantitative estimate of drug-likeness (QED) is 0.863. The molecule has 0 spiro atoms. The van der Waals surface area contributed by atoms with Gasteiger partial charge in [0.1, 0.15) is 12.0 Å². The van der Waals surface area contributed by atoms with Gasteiger partial charge in [-0.1, -0.05) is 18.9 Å². The van der Waals surface area contributed by atoms with E-state index in [0.717, 1.165) is 41.3 Å². The van der Waals surface area contributed by atoms with Crippen LogP contribution >= 0.6 is 0 Å². The Labute approximate surface area is 159 Å². The first-order valence-corrected chi connectivity index (χ1v) is 9.98. The molecule has 1 aromatic carbocycles. The highest BCUT2D eigenvalue weighted by Crippen LogP contribution is 2.43. The fraction of sp³-hybridized carbons (Fsp3) is 0.476. The minimum absolute atomic E-state index is 0.0143. The topological polar surface area (TPSA) is 70.2 Å². The lowest BCUT2D eigenvalue weighted by atomic mass is 10.0. The molecule has 1 aromatic heterocycles. The minimum atomic E-state index is 0.0143. The van der Waals surface area contributed by atoms with E-state index in [4.69, 9.17) is 0 Å². The standard InChI is InChI=1S/C21H25N5O/c1-13-6-7-15(21(27)25-16-8-9-16)10-17(13)26-12-24-19-18(14-4-2-3-5-14)22-11-23-20(19)26/h6-7,10-11,14,16,24H,2-5,8-9,12H2,1H3,(H,25,27). The van der Waals surface area contributed by atoms with Gasteiger partial charge in [-0.2, -0.15) is 0 Å². The van der Waals surface area contributed by atoms with Gasteiger partial charge in [0, 0.05) is 23.2 Å².